The zero-order chi connectivity index (χ0) is 18.3. The summed E-state index contributed by atoms with van der Waals surface area (Å²) in [7, 11) is 0. The molecule has 1 aromatic rings. The Kier molecular flexibility index (Phi) is 11.5. The third-order valence-corrected chi connectivity index (χ3v) is 4.41. The van der Waals surface area contributed by atoms with E-state index in [1.807, 2.05) is 0 Å². The number of nitro groups is 1. The van der Waals surface area contributed by atoms with Crippen molar-refractivity contribution in [3.05, 3.63) is 28.3 Å². The fourth-order valence-electron chi connectivity index (χ4n) is 2.87. The number of ether oxygens (including phenoxy) is 1. The zero-order valence-electron chi connectivity index (χ0n) is 15.5. The Hall–Kier alpha value is -1.78. The molecule has 1 aromatic carbocycles. The lowest BCUT2D eigenvalue weighted by atomic mass is 10.1. The van der Waals surface area contributed by atoms with Crippen molar-refractivity contribution in [2.45, 2.75) is 84.0 Å². The largest absolute Gasteiger partial charge is 0.504 e. The molecule has 0 saturated heterocycles. The predicted octanol–water partition coefficient (Wildman–Crippen LogP) is 6.38. The number of hydrogen-bond acceptors (Lipinski definition) is 4. The van der Waals surface area contributed by atoms with Crippen molar-refractivity contribution in [2.75, 3.05) is 6.61 Å². The average molecular weight is 351 g/mol. The second-order valence-electron chi connectivity index (χ2n) is 6.65. The molecule has 1 rings (SSSR count). The molecule has 0 bridgehead atoms. The van der Waals surface area contributed by atoms with Gasteiger partial charge in [0.05, 0.1) is 17.6 Å². The molecule has 142 valence electrons. The zero-order valence-corrected chi connectivity index (χ0v) is 15.5. The van der Waals surface area contributed by atoms with Crippen molar-refractivity contribution < 1.29 is 14.8 Å². The van der Waals surface area contributed by atoms with E-state index in [1.165, 1.54) is 76.3 Å². The highest BCUT2D eigenvalue weighted by Crippen LogP contribution is 2.30. The van der Waals surface area contributed by atoms with Crippen molar-refractivity contribution >= 4 is 5.69 Å². The lowest BCUT2D eigenvalue weighted by molar-refractivity contribution is -0.385. The van der Waals surface area contributed by atoms with Gasteiger partial charge in [0.2, 0.25) is 0 Å². The summed E-state index contributed by atoms with van der Waals surface area (Å²) in [6.07, 6.45) is 15.4. The summed E-state index contributed by atoms with van der Waals surface area (Å²) in [6, 6.07) is 3.92. The Bertz CT molecular complexity index is 491. The molecule has 0 aliphatic rings. The standard InChI is InChI=1S/C20H33NO4/c1-2-3-4-5-6-7-8-9-10-11-12-13-16-25-20-15-14-18(21(23)24)17-19(20)22/h14-15,17,22H,2-13,16H2,1H3. The molecule has 0 saturated carbocycles. The first kappa shape index (κ1) is 21.3. The third-order valence-electron chi connectivity index (χ3n) is 4.41. The first-order valence-corrected chi connectivity index (χ1v) is 9.75. The molecule has 0 aliphatic carbocycles. The molecule has 0 aliphatic heterocycles. The van der Waals surface area contributed by atoms with E-state index >= 15 is 0 Å². The van der Waals surface area contributed by atoms with Crippen LogP contribution in [0.3, 0.4) is 0 Å². The van der Waals surface area contributed by atoms with Gasteiger partial charge in [-0.2, -0.15) is 0 Å². The monoisotopic (exact) mass is 351 g/mol. The minimum absolute atomic E-state index is 0.129. The fourth-order valence-corrected chi connectivity index (χ4v) is 2.87. The summed E-state index contributed by atoms with van der Waals surface area (Å²) in [5.74, 6) is 0.141. The van der Waals surface area contributed by atoms with Crippen LogP contribution in [0, 0.1) is 10.1 Å². The lowest BCUT2D eigenvalue weighted by Gasteiger charge is -2.07. The molecule has 0 radical (unpaired) electrons. The molecule has 1 N–H and O–H groups in total. The van der Waals surface area contributed by atoms with Crippen LogP contribution >= 0.6 is 0 Å². The number of nitrogens with zero attached hydrogens (tertiary/aromatic N) is 1. The number of nitro benzene ring substituents is 1. The molecule has 0 fully saturated rings. The topological polar surface area (TPSA) is 72.6 Å². The van der Waals surface area contributed by atoms with Crippen LogP contribution in [-0.2, 0) is 0 Å². The van der Waals surface area contributed by atoms with E-state index in [-0.39, 0.29) is 11.4 Å². The van der Waals surface area contributed by atoms with Gasteiger partial charge in [-0.25, -0.2) is 0 Å². The number of phenols is 1. The number of hydrogen-bond donors (Lipinski definition) is 1. The molecule has 25 heavy (non-hydrogen) atoms. The lowest BCUT2D eigenvalue weighted by Crippen LogP contribution is -1.98. The van der Waals surface area contributed by atoms with Gasteiger partial charge in [0.25, 0.3) is 5.69 Å². The van der Waals surface area contributed by atoms with Crippen LogP contribution in [-0.4, -0.2) is 16.6 Å². The normalized spacial score (nSPS) is 10.8. The van der Waals surface area contributed by atoms with Gasteiger partial charge in [-0.3, -0.25) is 10.1 Å². The summed E-state index contributed by atoms with van der Waals surface area (Å²) in [6.45, 7) is 2.78. The van der Waals surface area contributed by atoms with Gasteiger partial charge < -0.3 is 9.84 Å². The Morgan fingerprint density at radius 1 is 0.920 bits per heavy atom. The van der Waals surface area contributed by atoms with E-state index in [0.717, 1.165) is 18.9 Å². The molecule has 5 heteroatoms. The van der Waals surface area contributed by atoms with Gasteiger partial charge >= 0.3 is 0 Å². The van der Waals surface area contributed by atoms with E-state index in [2.05, 4.69) is 6.92 Å². The Balaban J connectivity index is 1.96. The summed E-state index contributed by atoms with van der Waals surface area (Å²) in [4.78, 5) is 10.1. The van der Waals surface area contributed by atoms with Gasteiger partial charge in [-0.1, -0.05) is 77.6 Å². The maximum absolute atomic E-state index is 10.6. The highest BCUT2D eigenvalue weighted by atomic mass is 16.6. The van der Waals surface area contributed by atoms with Crippen LogP contribution < -0.4 is 4.74 Å². The van der Waals surface area contributed by atoms with Gasteiger partial charge in [0.1, 0.15) is 0 Å². The number of unbranched alkanes of at least 4 members (excludes halogenated alkanes) is 11. The summed E-state index contributed by atoms with van der Waals surface area (Å²) in [5, 5.41) is 20.3. The van der Waals surface area contributed by atoms with Crippen LogP contribution in [0.15, 0.2) is 18.2 Å². The maximum atomic E-state index is 10.6. The maximum Gasteiger partial charge on any atom is 0.273 e. The van der Waals surface area contributed by atoms with Gasteiger partial charge in [-0.05, 0) is 12.5 Å². The van der Waals surface area contributed by atoms with Crippen LogP contribution in [0.25, 0.3) is 0 Å². The second-order valence-corrected chi connectivity index (χ2v) is 6.65. The molecule has 0 unspecified atom stereocenters. The summed E-state index contributed by atoms with van der Waals surface area (Å²) in [5.41, 5.74) is -0.129. The number of aromatic hydroxyl groups is 1. The number of non-ortho nitro benzene ring substituents is 1. The third kappa shape index (κ3) is 9.95. The van der Waals surface area contributed by atoms with Crippen LogP contribution in [0.1, 0.15) is 84.0 Å². The number of phenolic OH excluding ortho intramolecular Hbond substituents is 1. The first-order chi connectivity index (χ1) is 12.1. The second kappa shape index (κ2) is 13.5. The van der Waals surface area contributed by atoms with E-state index in [4.69, 9.17) is 4.74 Å². The first-order valence-electron chi connectivity index (χ1n) is 9.75. The minimum atomic E-state index is -0.533. The molecule has 0 amide bonds. The van der Waals surface area contributed by atoms with Gasteiger partial charge in [0, 0.05) is 6.07 Å². The smallest absolute Gasteiger partial charge is 0.273 e. The van der Waals surface area contributed by atoms with Gasteiger partial charge in [-0.15, -0.1) is 0 Å². The van der Waals surface area contributed by atoms with Crippen molar-refractivity contribution in [1.29, 1.82) is 0 Å². The molecular weight excluding hydrogens is 318 g/mol. The summed E-state index contributed by atoms with van der Waals surface area (Å²) >= 11 is 0. The molecule has 5 nitrogen and oxygen atoms in total. The highest BCUT2D eigenvalue weighted by Gasteiger charge is 2.10. The van der Waals surface area contributed by atoms with Crippen molar-refractivity contribution in [3.8, 4) is 11.5 Å². The quantitative estimate of drug-likeness (QED) is 0.226. The van der Waals surface area contributed by atoms with Gasteiger partial charge in [0.15, 0.2) is 11.5 Å². The molecule has 0 aromatic heterocycles. The molecule has 0 atom stereocenters. The van der Waals surface area contributed by atoms with Crippen molar-refractivity contribution in [3.63, 3.8) is 0 Å². The van der Waals surface area contributed by atoms with Crippen molar-refractivity contribution in [2.24, 2.45) is 0 Å². The summed E-state index contributed by atoms with van der Waals surface area (Å²) < 4.78 is 5.49. The van der Waals surface area contributed by atoms with Crippen LogP contribution in [0.2, 0.25) is 0 Å². The van der Waals surface area contributed by atoms with E-state index in [0.29, 0.717) is 12.4 Å². The molecule has 0 heterocycles. The average Bonchev–Trinajstić information content (AvgIpc) is 2.60. The Morgan fingerprint density at radius 2 is 1.44 bits per heavy atom. The molecular formula is C20H33NO4. The predicted molar refractivity (Wildman–Crippen MR) is 101 cm³/mol. The number of benzene rings is 1. The van der Waals surface area contributed by atoms with E-state index in [9.17, 15) is 15.2 Å². The van der Waals surface area contributed by atoms with E-state index in [1.54, 1.807) is 0 Å². The van der Waals surface area contributed by atoms with E-state index < -0.39 is 4.92 Å². The van der Waals surface area contributed by atoms with Crippen LogP contribution in [0.5, 0.6) is 11.5 Å². The Labute approximate surface area is 151 Å². The number of rotatable bonds is 15. The highest BCUT2D eigenvalue weighted by molar-refractivity contribution is 5.47. The minimum Gasteiger partial charge on any atom is -0.504 e. The van der Waals surface area contributed by atoms with Crippen molar-refractivity contribution in [1.82, 2.24) is 0 Å². The Morgan fingerprint density at radius 3 is 1.92 bits per heavy atom. The fraction of sp³-hybridized carbons (Fsp3) is 0.700. The SMILES string of the molecule is CCCCCCCCCCCCCCOc1ccc([N+](=O)[O-])cc1O. The molecule has 0 spiro atoms. The van der Waals surface area contributed by atoms with Crippen LogP contribution in [0.4, 0.5) is 5.69 Å².